The Morgan fingerprint density at radius 1 is 1.40 bits per heavy atom. The van der Waals surface area contributed by atoms with Gasteiger partial charge < -0.3 is 15.5 Å². The number of carbonyl (C=O) groups excluding carboxylic acids is 1. The number of amides is 1. The van der Waals surface area contributed by atoms with Crippen molar-refractivity contribution in [3.05, 3.63) is 21.9 Å². The molecule has 0 spiro atoms. The third-order valence-electron chi connectivity index (χ3n) is 3.94. The lowest BCUT2D eigenvalue weighted by Gasteiger charge is -2.26. The van der Waals surface area contributed by atoms with Crippen molar-refractivity contribution < 1.29 is 4.79 Å². The van der Waals surface area contributed by atoms with Gasteiger partial charge in [0.1, 0.15) is 6.54 Å². The van der Waals surface area contributed by atoms with Crippen LogP contribution in [0.25, 0.3) is 0 Å². The van der Waals surface area contributed by atoms with Gasteiger partial charge >= 0.3 is 0 Å². The Labute approximate surface area is 176 Å². The van der Waals surface area contributed by atoms with Crippen molar-refractivity contribution in [2.45, 2.75) is 32.7 Å². The van der Waals surface area contributed by atoms with Crippen molar-refractivity contribution in [1.82, 2.24) is 15.5 Å². The van der Waals surface area contributed by atoms with Gasteiger partial charge in [0.2, 0.25) is 5.91 Å². The van der Waals surface area contributed by atoms with Crippen LogP contribution in [0.5, 0.6) is 0 Å². The van der Waals surface area contributed by atoms with Crippen LogP contribution >= 0.6 is 47.1 Å². The summed E-state index contributed by atoms with van der Waals surface area (Å²) in [5, 5.41) is 8.63. The lowest BCUT2D eigenvalue weighted by atomic mass is 10.1. The van der Waals surface area contributed by atoms with Gasteiger partial charge in [-0.25, -0.2) is 4.99 Å². The molecule has 1 aromatic heterocycles. The number of guanidine groups is 1. The van der Waals surface area contributed by atoms with E-state index >= 15 is 0 Å². The molecule has 0 fully saturated rings. The number of thiophene rings is 1. The van der Waals surface area contributed by atoms with Crippen molar-refractivity contribution >= 4 is 58.9 Å². The van der Waals surface area contributed by atoms with E-state index < -0.39 is 0 Å². The molecular weight excluding hydrogens is 467 g/mol. The van der Waals surface area contributed by atoms with Gasteiger partial charge in [-0.05, 0) is 55.2 Å². The first kappa shape index (κ1) is 22.6. The number of unbranched alkanes of at least 4 members (excludes halogenated alkanes) is 1. The van der Waals surface area contributed by atoms with Crippen LogP contribution in [0.15, 0.2) is 16.4 Å². The molecule has 0 aromatic carbocycles. The molecule has 1 aromatic rings. The summed E-state index contributed by atoms with van der Waals surface area (Å²) in [5.74, 6) is 2.03. The monoisotopic (exact) mass is 496 g/mol. The Kier molecular flexibility index (Phi) is 11.6. The van der Waals surface area contributed by atoms with Crippen molar-refractivity contribution in [3.8, 4) is 0 Å². The summed E-state index contributed by atoms with van der Waals surface area (Å²) in [4.78, 5) is 20.2. The Morgan fingerprint density at radius 2 is 2.24 bits per heavy atom. The molecule has 142 valence electrons. The minimum absolute atomic E-state index is 0. The van der Waals surface area contributed by atoms with E-state index in [0.29, 0.717) is 0 Å². The number of nitrogens with one attached hydrogen (secondary N) is 2. The fraction of sp³-hybridized carbons (Fsp3) is 0.647. The first-order valence-electron chi connectivity index (χ1n) is 8.58. The Balaban J connectivity index is 0.00000312. The maximum Gasteiger partial charge on any atom is 0.244 e. The van der Waals surface area contributed by atoms with Crippen LogP contribution in [0.2, 0.25) is 0 Å². The molecule has 0 unspecified atom stereocenters. The lowest BCUT2D eigenvalue weighted by Crippen LogP contribution is -2.40. The third-order valence-corrected chi connectivity index (χ3v) is 5.66. The lowest BCUT2D eigenvalue weighted by molar-refractivity contribution is -0.130. The second-order valence-corrected chi connectivity index (χ2v) is 7.74. The summed E-state index contributed by atoms with van der Waals surface area (Å²) in [6.07, 6.45) is 5.41. The van der Waals surface area contributed by atoms with E-state index in [1.54, 1.807) is 11.3 Å². The summed E-state index contributed by atoms with van der Waals surface area (Å²) in [6.45, 7) is 5.47. The number of halogens is 1. The van der Waals surface area contributed by atoms with Crippen LogP contribution in [-0.4, -0.2) is 55.0 Å². The zero-order valence-corrected chi connectivity index (χ0v) is 19.0. The van der Waals surface area contributed by atoms with Gasteiger partial charge in [0, 0.05) is 31.1 Å². The maximum atomic E-state index is 12.4. The van der Waals surface area contributed by atoms with E-state index in [1.807, 2.05) is 23.6 Å². The number of nitrogens with zero attached hydrogens (tertiary/aromatic N) is 2. The summed E-state index contributed by atoms with van der Waals surface area (Å²) < 4.78 is 0. The van der Waals surface area contributed by atoms with Gasteiger partial charge in [0.15, 0.2) is 5.96 Å². The number of hydrogen-bond acceptors (Lipinski definition) is 4. The second kappa shape index (κ2) is 12.8. The Bertz CT molecular complexity index is 551. The van der Waals surface area contributed by atoms with Crippen molar-refractivity contribution in [2.75, 3.05) is 38.2 Å². The molecule has 8 heteroatoms. The smallest absolute Gasteiger partial charge is 0.244 e. The minimum Gasteiger partial charge on any atom is -0.357 e. The van der Waals surface area contributed by atoms with Crippen molar-refractivity contribution in [3.63, 3.8) is 0 Å². The number of rotatable bonds is 8. The molecule has 0 saturated carbocycles. The molecular formula is C17H29IN4OS2. The second-order valence-electron chi connectivity index (χ2n) is 5.76. The first-order valence-corrected chi connectivity index (χ1v) is 10.9. The molecule has 1 amide bonds. The average molecular weight is 496 g/mol. The SMILES string of the molecule is CCNC(=NCC(=O)N1CCc2sccc2C1)NCCCCSC.I. The fourth-order valence-electron chi connectivity index (χ4n) is 2.63. The molecule has 0 saturated heterocycles. The standard InChI is InChI=1S/C17H28N4OS2.HI/c1-3-18-17(19-8-4-5-10-23-2)20-12-16(22)21-9-6-15-14(13-21)7-11-24-15;/h7,11H,3-6,8-10,12-13H2,1-2H3,(H2,18,19,20);1H. The highest BCUT2D eigenvalue weighted by atomic mass is 127. The maximum absolute atomic E-state index is 12.4. The van der Waals surface area contributed by atoms with Crippen LogP contribution in [0.3, 0.4) is 0 Å². The van der Waals surface area contributed by atoms with E-state index in [0.717, 1.165) is 45.0 Å². The molecule has 1 aliphatic rings. The van der Waals surface area contributed by atoms with Crippen molar-refractivity contribution in [1.29, 1.82) is 0 Å². The number of hydrogen-bond donors (Lipinski definition) is 2. The summed E-state index contributed by atoms with van der Waals surface area (Å²) in [7, 11) is 0. The zero-order valence-electron chi connectivity index (χ0n) is 15.0. The van der Waals surface area contributed by atoms with Crippen LogP contribution in [0.1, 0.15) is 30.2 Å². The summed E-state index contributed by atoms with van der Waals surface area (Å²) in [6, 6.07) is 2.13. The molecule has 2 heterocycles. The largest absolute Gasteiger partial charge is 0.357 e. The normalized spacial score (nSPS) is 13.8. The first-order chi connectivity index (χ1) is 11.7. The van der Waals surface area contributed by atoms with E-state index in [9.17, 15) is 4.79 Å². The van der Waals surface area contributed by atoms with Gasteiger partial charge in [-0.1, -0.05) is 0 Å². The van der Waals surface area contributed by atoms with Gasteiger partial charge in [-0.2, -0.15) is 11.8 Å². The highest BCUT2D eigenvalue weighted by Crippen LogP contribution is 2.23. The molecule has 0 bridgehead atoms. The van der Waals surface area contributed by atoms with Gasteiger partial charge in [0.05, 0.1) is 0 Å². The predicted molar refractivity (Wildman–Crippen MR) is 120 cm³/mol. The Morgan fingerprint density at radius 3 is 3.00 bits per heavy atom. The fourth-order valence-corrected chi connectivity index (χ4v) is 4.01. The molecule has 1 aliphatic heterocycles. The number of aliphatic imine (C=N–C) groups is 1. The van der Waals surface area contributed by atoms with E-state index in [1.165, 1.54) is 22.6 Å². The van der Waals surface area contributed by atoms with E-state index in [2.05, 4.69) is 33.3 Å². The van der Waals surface area contributed by atoms with Crippen LogP contribution in [-0.2, 0) is 17.8 Å². The van der Waals surface area contributed by atoms with E-state index in [-0.39, 0.29) is 36.4 Å². The quantitative estimate of drug-likeness (QED) is 0.252. The van der Waals surface area contributed by atoms with Crippen molar-refractivity contribution in [2.24, 2.45) is 4.99 Å². The van der Waals surface area contributed by atoms with Crippen LogP contribution < -0.4 is 10.6 Å². The molecule has 25 heavy (non-hydrogen) atoms. The number of carbonyl (C=O) groups is 1. The number of fused-ring (bicyclic) bond motifs is 1. The van der Waals surface area contributed by atoms with Crippen LogP contribution in [0.4, 0.5) is 0 Å². The molecule has 5 nitrogen and oxygen atoms in total. The Hall–Kier alpha value is -0.480. The zero-order chi connectivity index (χ0) is 17.2. The summed E-state index contributed by atoms with van der Waals surface area (Å²) in [5.41, 5.74) is 1.29. The predicted octanol–water partition coefficient (Wildman–Crippen LogP) is 2.95. The molecule has 0 radical (unpaired) electrons. The molecule has 0 atom stereocenters. The topological polar surface area (TPSA) is 56.7 Å². The van der Waals surface area contributed by atoms with Gasteiger partial charge in [-0.3, -0.25) is 4.79 Å². The minimum atomic E-state index is 0. The summed E-state index contributed by atoms with van der Waals surface area (Å²) >= 11 is 3.66. The molecule has 0 aliphatic carbocycles. The molecule has 2 N–H and O–H groups in total. The number of thioether (sulfide) groups is 1. The molecule has 2 rings (SSSR count). The highest BCUT2D eigenvalue weighted by Gasteiger charge is 2.21. The van der Waals surface area contributed by atoms with E-state index in [4.69, 9.17) is 0 Å². The highest BCUT2D eigenvalue weighted by molar-refractivity contribution is 14.0. The van der Waals surface area contributed by atoms with Gasteiger partial charge in [-0.15, -0.1) is 35.3 Å². The average Bonchev–Trinajstić information content (AvgIpc) is 3.06. The van der Waals surface area contributed by atoms with Crippen LogP contribution in [0, 0.1) is 0 Å². The van der Waals surface area contributed by atoms with Gasteiger partial charge in [0.25, 0.3) is 0 Å². The third kappa shape index (κ3) is 7.74.